The number of aliphatic hydroxyl groups is 1. The Bertz CT molecular complexity index is 1230. The number of halogens is 1. The fraction of sp³-hybridized carbons (Fsp3) is 0.409. The van der Waals surface area contributed by atoms with Gasteiger partial charge in [-0.05, 0) is 42.2 Å². The molecule has 0 bridgehead atoms. The highest BCUT2D eigenvalue weighted by Gasteiger charge is 2.47. The van der Waals surface area contributed by atoms with Crippen molar-refractivity contribution >= 4 is 45.4 Å². The summed E-state index contributed by atoms with van der Waals surface area (Å²) in [5.74, 6) is 1.77. The minimum absolute atomic E-state index is 0.194. The van der Waals surface area contributed by atoms with Crippen LogP contribution in [0.1, 0.15) is 31.0 Å². The van der Waals surface area contributed by atoms with Gasteiger partial charge < -0.3 is 10.0 Å². The molecule has 4 heterocycles. The fourth-order valence-electron chi connectivity index (χ4n) is 4.88. The minimum atomic E-state index is -0.194. The first-order chi connectivity index (χ1) is 15.1. The molecule has 0 radical (unpaired) electrons. The summed E-state index contributed by atoms with van der Waals surface area (Å²) in [6.45, 7) is 3.85. The standard InChI is InChI=1S/C22H21ClN6OS/c1-2-11-5-15-18(19(11)23)21(29-9-12-6-17(30)14(12)10-29)28-22(27-15)31-13-7-16-20(26-8-13)25-4-3-24-16/h3-4,7-8,12,14,17,30H,2,5-6,9-10H2,1H3. The Morgan fingerprint density at radius 2 is 2.06 bits per heavy atom. The molecule has 1 saturated carbocycles. The monoisotopic (exact) mass is 452 g/mol. The molecule has 31 heavy (non-hydrogen) atoms. The molecule has 3 aliphatic rings. The molecular formula is C22H21ClN6OS. The summed E-state index contributed by atoms with van der Waals surface area (Å²) in [4.78, 5) is 26.0. The van der Waals surface area contributed by atoms with E-state index in [1.54, 1.807) is 18.6 Å². The van der Waals surface area contributed by atoms with Crippen molar-refractivity contribution in [3.8, 4) is 0 Å². The van der Waals surface area contributed by atoms with E-state index < -0.39 is 0 Å². The third-order valence-electron chi connectivity index (χ3n) is 6.62. The molecule has 3 aromatic heterocycles. The summed E-state index contributed by atoms with van der Waals surface area (Å²) in [6.07, 6.45) is 7.43. The quantitative estimate of drug-likeness (QED) is 0.599. The van der Waals surface area contributed by atoms with Gasteiger partial charge in [-0.25, -0.2) is 19.9 Å². The molecule has 1 saturated heterocycles. The van der Waals surface area contributed by atoms with E-state index in [0.717, 1.165) is 64.9 Å². The van der Waals surface area contributed by atoms with Crippen LogP contribution in [-0.2, 0) is 6.42 Å². The maximum atomic E-state index is 10.1. The fourth-order valence-corrected chi connectivity index (χ4v) is 6.05. The largest absolute Gasteiger partial charge is 0.393 e. The summed E-state index contributed by atoms with van der Waals surface area (Å²) < 4.78 is 0. The van der Waals surface area contributed by atoms with E-state index in [4.69, 9.17) is 21.6 Å². The lowest BCUT2D eigenvalue weighted by Gasteiger charge is -2.34. The average molecular weight is 453 g/mol. The van der Waals surface area contributed by atoms with E-state index in [1.165, 1.54) is 17.3 Å². The smallest absolute Gasteiger partial charge is 0.194 e. The average Bonchev–Trinajstić information content (AvgIpc) is 3.29. The number of aromatic nitrogens is 5. The first-order valence-electron chi connectivity index (χ1n) is 10.6. The zero-order chi connectivity index (χ0) is 21.1. The Morgan fingerprint density at radius 1 is 1.19 bits per heavy atom. The molecule has 0 amide bonds. The van der Waals surface area contributed by atoms with Crippen LogP contribution in [0.5, 0.6) is 0 Å². The number of hydrogen-bond donors (Lipinski definition) is 1. The summed E-state index contributed by atoms with van der Waals surface area (Å²) >= 11 is 8.26. The van der Waals surface area contributed by atoms with Gasteiger partial charge in [-0.15, -0.1) is 0 Å². The van der Waals surface area contributed by atoms with Gasteiger partial charge >= 0.3 is 0 Å². The molecule has 0 aromatic carbocycles. The lowest BCUT2D eigenvalue weighted by atomic mass is 9.74. The lowest BCUT2D eigenvalue weighted by Crippen LogP contribution is -2.39. The van der Waals surface area contributed by atoms with Crippen LogP contribution in [0.15, 0.2) is 40.3 Å². The molecule has 158 valence electrons. The molecule has 2 fully saturated rings. The Kier molecular flexibility index (Phi) is 4.63. The van der Waals surface area contributed by atoms with Crippen molar-refractivity contribution in [3.63, 3.8) is 0 Å². The Balaban J connectivity index is 1.39. The van der Waals surface area contributed by atoms with Crippen LogP contribution >= 0.6 is 23.4 Å². The van der Waals surface area contributed by atoms with E-state index in [1.807, 2.05) is 6.07 Å². The molecule has 0 spiro atoms. The van der Waals surface area contributed by atoms with Crippen molar-refractivity contribution in [1.29, 1.82) is 0 Å². The van der Waals surface area contributed by atoms with Crippen molar-refractivity contribution in [2.24, 2.45) is 11.8 Å². The molecule has 1 aliphatic heterocycles. The van der Waals surface area contributed by atoms with Gasteiger partial charge in [-0.2, -0.15) is 0 Å². The second-order valence-corrected chi connectivity index (χ2v) is 9.82. The summed E-state index contributed by atoms with van der Waals surface area (Å²) in [7, 11) is 0. The number of nitrogens with zero attached hydrogens (tertiary/aromatic N) is 6. The van der Waals surface area contributed by atoms with Crippen LogP contribution in [-0.4, -0.2) is 49.2 Å². The van der Waals surface area contributed by atoms with Gasteiger partial charge in [0.1, 0.15) is 11.3 Å². The van der Waals surface area contributed by atoms with E-state index in [9.17, 15) is 5.11 Å². The Labute approximate surface area is 189 Å². The number of rotatable bonds is 4. The summed E-state index contributed by atoms with van der Waals surface area (Å²) in [5.41, 5.74) is 4.54. The first-order valence-corrected chi connectivity index (χ1v) is 11.8. The first kappa shape index (κ1) is 19.4. The summed E-state index contributed by atoms with van der Waals surface area (Å²) in [6, 6.07) is 1.96. The molecule has 1 N–H and O–H groups in total. The molecular weight excluding hydrogens is 432 g/mol. The van der Waals surface area contributed by atoms with Crippen LogP contribution in [0.3, 0.4) is 0 Å². The highest BCUT2D eigenvalue weighted by Crippen LogP contribution is 2.47. The van der Waals surface area contributed by atoms with Gasteiger partial charge in [0.2, 0.25) is 0 Å². The van der Waals surface area contributed by atoms with Gasteiger partial charge in [-0.1, -0.05) is 18.5 Å². The van der Waals surface area contributed by atoms with Crippen LogP contribution < -0.4 is 4.90 Å². The zero-order valence-corrected chi connectivity index (χ0v) is 18.6. The van der Waals surface area contributed by atoms with Crippen molar-refractivity contribution in [1.82, 2.24) is 24.9 Å². The maximum absolute atomic E-state index is 10.1. The SMILES string of the molecule is CCC1=C(Cl)c2c(nc(Sc3cnc4nccnc4c3)nc2N2CC3CC(O)C3C2)C1. The van der Waals surface area contributed by atoms with Crippen molar-refractivity contribution < 1.29 is 5.11 Å². The number of aliphatic hydroxyl groups excluding tert-OH is 1. The van der Waals surface area contributed by atoms with Gasteiger partial charge in [-0.3, -0.25) is 4.98 Å². The molecule has 7 nitrogen and oxygen atoms in total. The van der Waals surface area contributed by atoms with Gasteiger partial charge in [0.05, 0.1) is 22.4 Å². The number of fused-ring (bicyclic) bond motifs is 3. The molecule has 9 heteroatoms. The Morgan fingerprint density at radius 3 is 2.87 bits per heavy atom. The Hall–Kier alpha value is -2.29. The van der Waals surface area contributed by atoms with Crippen LogP contribution in [0.2, 0.25) is 0 Å². The molecule has 3 aromatic rings. The van der Waals surface area contributed by atoms with Crippen LogP contribution in [0, 0.1) is 11.8 Å². The topological polar surface area (TPSA) is 87.9 Å². The maximum Gasteiger partial charge on any atom is 0.194 e. The predicted octanol–water partition coefficient (Wildman–Crippen LogP) is 3.70. The highest BCUT2D eigenvalue weighted by atomic mass is 35.5. The zero-order valence-electron chi connectivity index (χ0n) is 17.0. The van der Waals surface area contributed by atoms with Crippen molar-refractivity contribution in [2.75, 3.05) is 18.0 Å². The normalized spacial score (nSPS) is 24.5. The second kappa shape index (κ2) is 7.39. The van der Waals surface area contributed by atoms with Crippen LogP contribution in [0.4, 0.5) is 5.82 Å². The second-order valence-electron chi connectivity index (χ2n) is 8.40. The van der Waals surface area contributed by atoms with Crippen LogP contribution in [0.25, 0.3) is 16.2 Å². The summed E-state index contributed by atoms with van der Waals surface area (Å²) in [5, 5.41) is 11.6. The van der Waals surface area contributed by atoms with E-state index in [0.29, 0.717) is 22.6 Å². The third-order valence-corrected chi connectivity index (χ3v) is 7.90. The predicted molar refractivity (Wildman–Crippen MR) is 120 cm³/mol. The number of anilines is 1. The molecule has 2 aliphatic carbocycles. The number of hydrogen-bond acceptors (Lipinski definition) is 8. The number of pyridine rings is 1. The van der Waals surface area contributed by atoms with Gasteiger partial charge in [0.25, 0.3) is 0 Å². The number of allylic oxidation sites excluding steroid dienone is 1. The molecule has 6 rings (SSSR count). The van der Waals surface area contributed by atoms with Gasteiger partial charge in [0, 0.05) is 48.9 Å². The third kappa shape index (κ3) is 3.20. The van der Waals surface area contributed by atoms with E-state index in [2.05, 4.69) is 26.8 Å². The lowest BCUT2D eigenvalue weighted by molar-refractivity contribution is -0.00398. The molecule has 3 unspecified atom stereocenters. The highest BCUT2D eigenvalue weighted by molar-refractivity contribution is 7.99. The van der Waals surface area contributed by atoms with Crippen molar-refractivity contribution in [2.45, 2.75) is 42.3 Å². The van der Waals surface area contributed by atoms with E-state index >= 15 is 0 Å². The minimum Gasteiger partial charge on any atom is -0.393 e. The van der Waals surface area contributed by atoms with Gasteiger partial charge in [0.15, 0.2) is 10.8 Å². The molecule has 3 atom stereocenters. The van der Waals surface area contributed by atoms with E-state index in [-0.39, 0.29) is 6.10 Å². The van der Waals surface area contributed by atoms with Crippen molar-refractivity contribution in [3.05, 3.63) is 41.5 Å².